The molecule has 90 valence electrons. The molecule has 0 amide bonds. The van der Waals surface area contributed by atoms with Crippen molar-refractivity contribution in [2.24, 2.45) is 0 Å². The Morgan fingerprint density at radius 1 is 1.00 bits per heavy atom. The molecule has 0 aliphatic carbocycles. The van der Waals surface area contributed by atoms with E-state index in [2.05, 4.69) is 11.4 Å². The molecule has 3 heteroatoms. The fourth-order valence-corrected chi connectivity index (χ4v) is 1.69. The van der Waals surface area contributed by atoms with E-state index in [1.165, 1.54) is 0 Å². The number of hydrogen-bond acceptors (Lipinski definition) is 3. The number of rotatable bonds is 4. The summed E-state index contributed by atoms with van der Waals surface area (Å²) >= 11 is 0. The smallest absolute Gasteiger partial charge is 0.101 e. The van der Waals surface area contributed by atoms with Crippen LogP contribution in [0, 0.1) is 11.3 Å². The minimum absolute atomic E-state index is 0.0605. The second-order valence-electron chi connectivity index (χ2n) is 3.99. The zero-order chi connectivity index (χ0) is 12.8. The van der Waals surface area contributed by atoms with E-state index in [-0.39, 0.29) is 6.61 Å². The minimum Gasteiger partial charge on any atom is -0.392 e. The van der Waals surface area contributed by atoms with E-state index >= 15 is 0 Å². The molecule has 0 aromatic heterocycles. The molecule has 0 unspecified atom stereocenters. The second kappa shape index (κ2) is 5.85. The second-order valence-corrected chi connectivity index (χ2v) is 3.99. The van der Waals surface area contributed by atoms with E-state index in [0.29, 0.717) is 12.1 Å². The maximum absolute atomic E-state index is 8.97. The van der Waals surface area contributed by atoms with Gasteiger partial charge < -0.3 is 10.4 Å². The molecule has 2 rings (SSSR count). The third kappa shape index (κ3) is 2.88. The van der Waals surface area contributed by atoms with Crippen LogP contribution in [-0.4, -0.2) is 5.11 Å². The van der Waals surface area contributed by atoms with Gasteiger partial charge in [0.1, 0.15) is 6.07 Å². The maximum Gasteiger partial charge on any atom is 0.101 e. The van der Waals surface area contributed by atoms with E-state index < -0.39 is 0 Å². The number of aliphatic hydroxyl groups excluding tert-OH is 1. The lowest BCUT2D eigenvalue weighted by Crippen LogP contribution is -2.01. The van der Waals surface area contributed by atoms with Crippen molar-refractivity contribution >= 4 is 5.69 Å². The van der Waals surface area contributed by atoms with Gasteiger partial charge >= 0.3 is 0 Å². The Hall–Kier alpha value is -2.31. The van der Waals surface area contributed by atoms with Gasteiger partial charge in [0.2, 0.25) is 0 Å². The van der Waals surface area contributed by atoms with Crippen molar-refractivity contribution in [3.05, 3.63) is 65.2 Å². The summed E-state index contributed by atoms with van der Waals surface area (Å²) in [6.45, 7) is 0.718. The van der Waals surface area contributed by atoms with E-state index in [4.69, 9.17) is 10.4 Å². The number of aliphatic hydroxyl groups is 1. The molecule has 18 heavy (non-hydrogen) atoms. The Kier molecular flexibility index (Phi) is 3.95. The first-order valence-electron chi connectivity index (χ1n) is 5.75. The molecule has 0 heterocycles. The average Bonchev–Trinajstić information content (AvgIpc) is 2.46. The summed E-state index contributed by atoms with van der Waals surface area (Å²) in [4.78, 5) is 0. The van der Waals surface area contributed by atoms with Crippen LogP contribution in [0.1, 0.15) is 16.7 Å². The molecule has 0 aliphatic heterocycles. The van der Waals surface area contributed by atoms with Crippen molar-refractivity contribution < 1.29 is 5.11 Å². The number of hydrogen-bond donors (Lipinski definition) is 2. The number of nitrogens with zero attached hydrogens (tertiary/aromatic N) is 1. The number of para-hydroxylation sites is 1. The highest BCUT2D eigenvalue weighted by atomic mass is 16.3. The predicted molar refractivity (Wildman–Crippen MR) is 70.8 cm³/mol. The Bertz CT molecular complexity index is 555. The van der Waals surface area contributed by atoms with Crippen LogP contribution >= 0.6 is 0 Å². The quantitative estimate of drug-likeness (QED) is 0.861. The van der Waals surface area contributed by atoms with Crippen LogP contribution in [-0.2, 0) is 13.2 Å². The third-order valence-electron chi connectivity index (χ3n) is 2.74. The molecule has 0 fully saturated rings. The monoisotopic (exact) mass is 238 g/mol. The number of nitriles is 1. The largest absolute Gasteiger partial charge is 0.392 e. The molecule has 0 atom stereocenters. The lowest BCUT2D eigenvalue weighted by molar-refractivity contribution is 0.282. The van der Waals surface area contributed by atoms with Crippen molar-refractivity contribution in [2.45, 2.75) is 13.2 Å². The first kappa shape index (κ1) is 12.2. The van der Waals surface area contributed by atoms with Crippen LogP contribution in [0.4, 0.5) is 5.69 Å². The highest BCUT2D eigenvalue weighted by Crippen LogP contribution is 2.15. The van der Waals surface area contributed by atoms with Crippen LogP contribution in [0.15, 0.2) is 48.5 Å². The summed E-state index contributed by atoms with van der Waals surface area (Å²) < 4.78 is 0. The summed E-state index contributed by atoms with van der Waals surface area (Å²) in [6.07, 6.45) is 0. The summed E-state index contributed by atoms with van der Waals surface area (Å²) in [7, 11) is 0. The van der Waals surface area contributed by atoms with Gasteiger partial charge in [0.25, 0.3) is 0 Å². The molecule has 2 aromatic carbocycles. The van der Waals surface area contributed by atoms with Gasteiger partial charge in [-0.05, 0) is 23.3 Å². The number of nitrogens with one attached hydrogen (secondary N) is 1. The van der Waals surface area contributed by atoms with Crippen molar-refractivity contribution in [3.8, 4) is 6.07 Å². The standard InChI is InChI=1S/C15H14N2O/c16-9-14-3-1-2-4-15(14)17-10-12-5-7-13(11-18)8-6-12/h1-8,17-18H,10-11H2. The summed E-state index contributed by atoms with van der Waals surface area (Å²) in [5, 5.41) is 21.2. The zero-order valence-electron chi connectivity index (χ0n) is 9.93. The van der Waals surface area contributed by atoms with Crippen molar-refractivity contribution in [1.29, 1.82) is 5.26 Å². The van der Waals surface area contributed by atoms with Crippen molar-refractivity contribution in [3.63, 3.8) is 0 Å². The first-order valence-corrected chi connectivity index (χ1v) is 5.75. The molecular weight excluding hydrogens is 224 g/mol. The third-order valence-corrected chi connectivity index (χ3v) is 2.74. The van der Waals surface area contributed by atoms with E-state index in [0.717, 1.165) is 16.8 Å². The SMILES string of the molecule is N#Cc1ccccc1NCc1ccc(CO)cc1. The molecule has 3 nitrogen and oxygen atoms in total. The summed E-state index contributed by atoms with van der Waals surface area (Å²) in [6, 6.07) is 17.3. The average molecular weight is 238 g/mol. The molecule has 0 aliphatic rings. The van der Waals surface area contributed by atoms with E-state index in [1.807, 2.05) is 42.5 Å². The molecule has 0 saturated carbocycles. The highest BCUT2D eigenvalue weighted by molar-refractivity contribution is 5.57. The Labute approximate surface area is 106 Å². The van der Waals surface area contributed by atoms with Crippen LogP contribution in [0.5, 0.6) is 0 Å². The molecule has 2 N–H and O–H groups in total. The Morgan fingerprint density at radius 3 is 2.33 bits per heavy atom. The van der Waals surface area contributed by atoms with Gasteiger partial charge in [-0.25, -0.2) is 0 Å². The molecule has 0 radical (unpaired) electrons. The molecule has 2 aromatic rings. The van der Waals surface area contributed by atoms with E-state index in [9.17, 15) is 0 Å². The first-order chi connectivity index (χ1) is 8.83. The molecule has 0 bridgehead atoms. The van der Waals surface area contributed by atoms with Gasteiger partial charge in [-0.3, -0.25) is 0 Å². The van der Waals surface area contributed by atoms with Crippen molar-refractivity contribution in [2.75, 3.05) is 5.32 Å². The zero-order valence-corrected chi connectivity index (χ0v) is 9.93. The Balaban J connectivity index is 2.05. The van der Waals surface area contributed by atoms with Gasteiger partial charge in [-0.1, -0.05) is 36.4 Å². The van der Waals surface area contributed by atoms with Gasteiger partial charge in [0, 0.05) is 6.54 Å². The molecular formula is C15H14N2O. The fourth-order valence-electron chi connectivity index (χ4n) is 1.69. The fraction of sp³-hybridized carbons (Fsp3) is 0.133. The molecule has 0 saturated heterocycles. The van der Waals surface area contributed by atoms with Gasteiger partial charge in [0.05, 0.1) is 17.9 Å². The van der Waals surface area contributed by atoms with Crippen molar-refractivity contribution in [1.82, 2.24) is 0 Å². The Morgan fingerprint density at radius 2 is 1.67 bits per heavy atom. The number of benzene rings is 2. The summed E-state index contributed by atoms with van der Waals surface area (Å²) in [5.41, 5.74) is 3.49. The number of anilines is 1. The summed E-state index contributed by atoms with van der Waals surface area (Å²) in [5.74, 6) is 0. The lowest BCUT2D eigenvalue weighted by atomic mass is 10.1. The van der Waals surface area contributed by atoms with Crippen LogP contribution in [0.2, 0.25) is 0 Å². The minimum atomic E-state index is 0.0605. The van der Waals surface area contributed by atoms with Crippen LogP contribution in [0.3, 0.4) is 0 Å². The van der Waals surface area contributed by atoms with Gasteiger partial charge in [0.15, 0.2) is 0 Å². The topological polar surface area (TPSA) is 56.0 Å². The molecule has 0 spiro atoms. The maximum atomic E-state index is 8.97. The van der Waals surface area contributed by atoms with Gasteiger partial charge in [-0.15, -0.1) is 0 Å². The van der Waals surface area contributed by atoms with E-state index in [1.54, 1.807) is 6.07 Å². The predicted octanol–water partition coefficient (Wildman–Crippen LogP) is 2.66. The normalized spacial score (nSPS) is 9.78. The van der Waals surface area contributed by atoms with Crippen LogP contribution in [0.25, 0.3) is 0 Å². The lowest BCUT2D eigenvalue weighted by Gasteiger charge is -2.08. The highest BCUT2D eigenvalue weighted by Gasteiger charge is 2.00. The van der Waals surface area contributed by atoms with Crippen LogP contribution < -0.4 is 5.32 Å². The van der Waals surface area contributed by atoms with Gasteiger partial charge in [-0.2, -0.15) is 5.26 Å².